The molecule has 0 amide bonds. The molecule has 7 heteroatoms. The molecule has 0 saturated carbocycles. The first-order valence-corrected chi connectivity index (χ1v) is 10.8. The van der Waals surface area contributed by atoms with Crippen LogP contribution in [0.3, 0.4) is 0 Å². The predicted molar refractivity (Wildman–Crippen MR) is 109 cm³/mol. The lowest BCUT2D eigenvalue weighted by molar-refractivity contribution is 0.0319. The number of aromatic amines is 1. The molecule has 0 fully saturated rings. The first-order valence-electron chi connectivity index (χ1n) is 9.15. The lowest BCUT2D eigenvalue weighted by Gasteiger charge is -2.19. The van der Waals surface area contributed by atoms with Gasteiger partial charge in [-0.25, -0.2) is 9.78 Å². The zero-order valence-electron chi connectivity index (χ0n) is 15.8. The molecule has 0 saturated heterocycles. The molecule has 0 aliphatic heterocycles. The predicted octanol–water partition coefficient (Wildman–Crippen LogP) is 4.71. The van der Waals surface area contributed by atoms with Crippen molar-refractivity contribution in [1.82, 2.24) is 9.97 Å². The van der Waals surface area contributed by atoms with Gasteiger partial charge >= 0.3 is 5.97 Å². The first kappa shape index (κ1) is 18.4. The number of H-pyrrole nitrogens is 1. The van der Waals surface area contributed by atoms with Crippen LogP contribution in [0.15, 0.2) is 10.2 Å². The summed E-state index contributed by atoms with van der Waals surface area (Å²) in [5.74, 6) is 0.716. The third kappa shape index (κ3) is 3.23. The fraction of sp³-hybridized carbons (Fsp3) is 0.450. The Morgan fingerprint density at radius 2 is 2.19 bits per heavy atom. The van der Waals surface area contributed by atoms with Gasteiger partial charge < -0.3 is 9.72 Å². The number of hydrogen-bond acceptors (Lipinski definition) is 6. The van der Waals surface area contributed by atoms with E-state index in [0.29, 0.717) is 27.5 Å². The minimum absolute atomic E-state index is 0.179. The summed E-state index contributed by atoms with van der Waals surface area (Å²) in [4.78, 5) is 35.5. The Morgan fingerprint density at radius 1 is 1.41 bits per heavy atom. The molecule has 0 spiro atoms. The van der Waals surface area contributed by atoms with Crippen molar-refractivity contribution in [1.29, 1.82) is 0 Å². The highest BCUT2D eigenvalue weighted by Crippen LogP contribution is 2.34. The molecule has 2 unspecified atom stereocenters. The van der Waals surface area contributed by atoms with Gasteiger partial charge in [-0.1, -0.05) is 6.92 Å². The second-order valence-corrected chi connectivity index (χ2v) is 9.53. The molecule has 0 bridgehead atoms. The van der Waals surface area contributed by atoms with Crippen LogP contribution in [0.1, 0.15) is 63.4 Å². The van der Waals surface area contributed by atoms with Crippen LogP contribution in [0.5, 0.6) is 0 Å². The second-order valence-electron chi connectivity index (χ2n) is 7.36. The van der Waals surface area contributed by atoms with Crippen molar-refractivity contribution in [3.05, 3.63) is 48.0 Å². The fourth-order valence-corrected chi connectivity index (χ4v) is 5.86. The maximum Gasteiger partial charge on any atom is 0.339 e. The van der Waals surface area contributed by atoms with Crippen molar-refractivity contribution < 1.29 is 9.53 Å². The van der Waals surface area contributed by atoms with Crippen molar-refractivity contribution in [2.75, 3.05) is 0 Å². The van der Waals surface area contributed by atoms with Gasteiger partial charge in [0.15, 0.2) is 11.9 Å². The number of aromatic nitrogens is 2. The number of ether oxygens (including phenoxy) is 1. The molecule has 3 aromatic heterocycles. The number of esters is 1. The molecule has 3 heterocycles. The number of hydrogen-bond donors (Lipinski definition) is 1. The van der Waals surface area contributed by atoms with E-state index in [-0.39, 0.29) is 11.5 Å². The maximum atomic E-state index is 12.7. The fourth-order valence-electron chi connectivity index (χ4n) is 3.59. The SMILES string of the molecule is Cc1sc2nc(C(C)OC(=O)c3csc4c3CCC(C)C4)[nH]c(=O)c2c1C. The van der Waals surface area contributed by atoms with E-state index in [2.05, 4.69) is 16.9 Å². The third-order valence-corrected chi connectivity index (χ3v) is 7.50. The molecule has 2 atom stereocenters. The molecule has 0 radical (unpaired) electrons. The van der Waals surface area contributed by atoms with Gasteiger partial charge in [0.05, 0.1) is 10.9 Å². The number of rotatable bonds is 3. The third-order valence-electron chi connectivity index (χ3n) is 5.35. The lowest BCUT2D eigenvalue weighted by atomic mass is 9.88. The Kier molecular flexibility index (Phi) is 4.68. The zero-order chi connectivity index (χ0) is 19.3. The summed E-state index contributed by atoms with van der Waals surface area (Å²) < 4.78 is 5.65. The Balaban J connectivity index is 1.59. The number of carbonyl (C=O) groups is 1. The standard InChI is InChI=1S/C20H22N2O3S2/c1-9-5-6-13-14(8-26-15(13)7-9)20(24)25-11(3)17-21-18(23)16-10(2)12(4)27-19(16)22-17/h8-9,11H,5-7H2,1-4H3,(H,21,22,23). The minimum atomic E-state index is -0.615. The maximum absolute atomic E-state index is 12.7. The number of nitrogens with one attached hydrogen (secondary N) is 1. The highest BCUT2D eigenvalue weighted by atomic mass is 32.1. The van der Waals surface area contributed by atoms with Gasteiger partial charge in [-0.05, 0) is 57.1 Å². The van der Waals surface area contributed by atoms with Crippen molar-refractivity contribution in [2.45, 2.75) is 53.1 Å². The van der Waals surface area contributed by atoms with Crippen LogP contribution >= 0.6 is 22.7 Å². The monoisotopic (exact) mass is 402 g/mol. The largest absolute Gasteiger partial charge is 0.451 e. The summed E-state index contributed by atoms with van der Waals surface area (Å²) in [5, 5.41) is 2.53. The number of carbonyl (C=O) groups excluding carboxylic acids is 1. The quantitative estimate of drug-likeness (QED) is 0.644. The zero-order valence-corrected chi connectivity index (χ0v) is 17.5. The number of fused-ring (bicyclic) bond motifs is 2. The van der Waals surface area contributed by atoms with Crippen molar-refractivity contribution in [2.24, 2.45) is 5.92 Å². The minimum Gasteiger partial charge on any atom is -0.451 e. The van der Waals surface area contributed by atoms with E-state index in [1.165, 1.54) is 16.2 Å². The van der Waals surface area contributed by atoms with E-state index in [9.17, 15) is 9.59 Å². The van der Waals surface area contributed by atoms with Crippen LogP contribution < -0.4 is 5.56 Å². The molecule has 142 valence electrons. The normalized spacial score (nSPS) is 17.7. The van der Waals surface area contributed by atoms with Crippen LogP contribution in [0, 0.1) is 19.8 Å². The summed E-state index contributed by atoms with van der Waals surface area (Å²) in [7, 11) is 0. The second kappa shape index (κ2) is 6.87. The van der Waals surface area contributed by atoms with Gasteiger partial charge in [0.25, 0.3) is 5.56 Å². The van der Waals surface area contributed by atoms with E-state index in [0.717, 1.165) is 35.3 Å². The smallest absolute Gasteiger partial charge is 0.339 e. The molecule has 4 rings (SSSR count). The molecular weight excluding hydrogens is 380 g/mol. The number of thiophene rings is 2. The van der Waals surface area contributed by atoms with E-state index < -0.39 is 6.10 Å². The van der Waals surface area contributed by atoms with Gasteiger partial charge in [0.1, 0.15) is 4.83 Å². The van der Waals surface area contributed by atoms with Crippen LogP contribution in [0.25, 0.3) is 10.2 Å². The van der Waals surface area contributed by atoms with Crippen molar-refractivity contribution in [3.63, 3.8) is 0 Å². The average Bonchev–Trinajstić information content (AvgIpc) is 3.15. The molecule has 0 aromatic carbocycles. The van der Waals surface area contributed by atoms with E-state index in [1.54, 1.807) is 18.3 Å². The summed E-state index contributed by atoms with van der Waals surface area (Å²) in [5.41, 5.74) is 2.58. The van der Waals surface area contributed by atoms with Crippen molar-refractivity contribution >= 4 is 38.9 Å². The van der Waals surface area contributed by atoms with Crippen LogP contribution in [0.2, 0.25) is 0 Å². The van der Waals surface area contributed by atoms with Gasteiger partial charge in [-0.3, -0.25) is 4.79 Å². The van der Waals surface area contributed by atoms with Crippen LogP contribution in [-0.2, 0) is 17.6 Å². The highest BCUT2D eigenvalue weighted by Gasteiger charge is 2.26. The van der Waals surface area contributed by atoms with Gasteiger partial charge in [0, 0.05) is 15.1 Å². The number of nitrogens with zero attached hydrogens (tertiary/aromatic N) is 1. The van der Waals surface area contributed by atoms with Crippen molar-refractivity contribution in [3.8, 4) is 0 Å². The summed E-state index contributed by atoms with van der Waals surface area (Å²) in [6, 6.07) is 0. The molecule has 3 aromatic rings. The summed E-state index contributed by atoms with van der Waals surface area (Å²) in [6.45, 7) is 7.89. The Bertz CT molecular complexity index is 1090. The molecular formula is C20H22N2O3S2. The first-order chi connectivity index (χ1) is 12.8. The Labute approximate surface area is 165 Å². The molecule has 27 heavy (non-hydrogen) atoms. The topological polar surface area (TPSA) is 72.0 Å². The molecule has 1 aliphatic carbocycles. The lowest BCUT2D eigenvalue weighted by Crippen LogP contribution is -2.18. The summed E-state index contributed by atoms with van der Waals surface area (Å²) in [6.07, 6.45) is 2.44. The van der Waals surface area contributed by atoms with Crippen LogP contribution in [-0.4, -0.2) is 15.9 Å². The van der Waals surface area contributed by atoms with E-state index in [1.807, 2.05) is 19.2 Å². The summed E-state index contributed by atoms with van der Waals surface area (Å²) >= 11 is 3.13. The van der Waals surface area contributed by atoms with Gasteiger partial charge in [0.2, 0.25) is 0 Å². The highest BCUT2D eigenvalue weighted by molar-refractivity contribution is 7.18. The van der Waals surface area contributed by atoms with E-state index in [4.69, 9.17) is 4.74 Å². The molecule has 5 nitrogen and oxygen atoms in total. The Hall–Kier alpha value is -1.99. The van der Waals surface area contributed by atoms with Gasteiger partial charge in [-0.2, -0.15) is 0 Å². The molecule has 1 aliphatic rings. The average molecular weight is 403 g/mol. The molecule has 1 N–H and O–H groups in total. The van der Waals surface area contributed by atoms with E-state index >= 15 is 0 Å². The number of aryl methyl sites for hydroxylation is 2. The Morgan fingerprint density at radius 3 is 2.96 bits per heavy atom. The van der Waals surface area contributed by atoms with Gasteiger partial charge in [-0.15, -0.1) is 22.7 Å². The van der Waals surface area contributed by atoms with Crippen LogP contribution in [0.4, 0.5) is 0 Å².